The van der Waals surface area contributed by atoms with Gasteiger partial charge >= 0.3 is 0 Å². The first-order valence-electron chi connectivity index (χ1n) is 7.03. The maximum absolute atomic E-state index is 13.0. The summed E-state index contributed by atoms with van der Waals surface area (Å²) in [5.41, 5.74) is 2.23. The van der Waals surface area contributed by atoms with Crippen LogP contribution in [0.4, 0.5) is 4.39 Å². The molecule has 4 heteroatoms. The first-order chi connectivity index (χ1) is 10.1. The van der Waals surface area contributed by atoms with Crippen molar-refractivity contribution in [3.63, 3.8) is 0 Å². The van der Waals surface area contributed by atoms with Gasteiger partial charge in [-0.25, -0.2) is 4.39 Å². The minimum absolute atomic E-state index is 0.267. The van der Waals surface area contributed by atoms with Crippen molar-refractivity contribution in [3.8, 4) is 11.5 Å². The largest absolute Gasteiger partial charge is 0.456 e. The summed E-state index contributed by atoms with van der Waals surface area (Å²) in [6.07, 6.45) is 1.11. The molecule has 0 aliphatic carbocycles. The van der Waals surface area contributed by atoms with Gasteiger partial charge in [0.25, 0.3) is 0 Å². The molecule has 1 N–H and O–H groups in total. The van der Waals surface area contributed by atoms with Crippen LogP contribution in [0.25, 0.3) is 0 Å². The van der Waals surface area contributed by atoms with E-state index in [1.54, 1.807) is 0 Å². The topological polar surface area (TPSA) is 21.3 Å². The molecule has 0 fully saturated rings. The highest BCUT2D eigenvalue weighted by Crippen LogP contribution is 2.31. The fourth-order valence-corrected chi connectivity index (χ4v) is 2.23. The lowest BCUT2D eigenvalue weighted by Crippen LogP contribution is -2.13. The minimum Gasteiger partial charge on any atom is -0.456 e. The van der Waals surface area contributed by atoms with Crippen molar-refractivity contribution in [1.82, 2.24) is 5.32 Å². The van der Waals surface area contributed by atoms with Crippen molar-refractivity contribution < 1.29 is 9.13 Å². The van der Waals surface area contributed by atoms with Crippen LogP contribution in [-0.2, 0) is 6.54 Å². The van der Waals surface area contributed by atoms with E-state index in [2.05, 4.69) is 18.3 Å². The third-order valence-electron chi connectivity index (χ3n) is 3.11. The van der Waals surface area contributed by atoms with Crippen LogP contribution in [0.3, 0.4) is 0 Å². The molecule has 2 rings (SSSR count). The Labute approximate surface area is 129 Å². The highest BCUT2D eigenvalue weighted by Gasteiger charge is 2.07. The molecular weight excluding hydrogens is 289 g/mol. The van der Waals surface area contributed by atoms with Crippen LogP contribution < -0.4 is 10.1 Å². The van der Waals surface area contributed by atoms with E-state index in [1.807, 2.05) is 19.1 Å². The summed E-state index contributed by atoms with van der Waals surface area (Å²) in [7, 11) is 0. The van der Waals surface area contributed by atoms with Gasteiger partial charge in [-0.2, -0.15) is 0 Å². The monoisotopic (exact) mass is 307 g/mol. The van der Waals surface area contributed by atoms with Crippen LogP contribution >= 0.6 is 11.6 Å². The Morgan fingerprint density at radius 2 is 1.90 bits per heavy atom. The van der Waals surface area contributed by atoms with Crippen LogP contribution in [0.15, 0.2) is 36.4 Å². The number of nitrogens with one attached hydrogen (secondary N) is 1. The van der Waals surface area contributed by atoms with Gasteiger partial charge in [0.1, 0.15) is 17.3 Å². The highest BCUT2D eigenvalue weighted by atomic mass is 35.5. The van der Waals surface area contributed by atoms with Crippen molar-refractivity contribution >= 4 is 11.6 Å². The molecule has 0 atom stereocenters. The fraction of sp³-hybridized carbons (Fsp3) is 0.294. The van der Waals surface area contributed by atoms with E-state index in [0.717, 1.165) is 30.8 Å². The van der Waals surface area contributed by atoms with E-state index in [-0.39, 0.29) is 10.8 Å². The van der Waals surface area contributed by atoms with Gasteiger partial charge in [-0.05, 0) is 55.3 Å². The summed E-state index contributed by atoms with van der Waals surface area (Å²) in [4.78, 5) is 0. The number of benzene rings is 2. The van der Waals surface area contributed by atoms with Crippen LogP contribution in [-0.4, -0.2) is 6.54 Å². The summed E-state index contributed by atoms with van der Waals surface area (Å²) in [5, 5.41) is 3.63. The van der Waals surface area contributed by atoms with Gasteiger partial charge < -0.3 is 10.1 Å². The fourth-order valence-electron chi connectivity index (χ4n) is 2.02. The van der Waals surface area contributed by atoms with E-state index in [1.165, 1.54) is 23.8 Å². The zero-order valence-electron chi connectivity index (χ0n) is 12.2. The molecule has 2 aromatic carbocycles. The molecule has 112 valence electrons. The summed E-state index contributed by atoms with van der Waals surface area (Å²) in [6.45, 7) is 5.96. The molecule has 0 unspecified atom stereocenters. The van der Waals surface area contributed by atoms with Crippen molar-refractivity contribution in [3.05, 3.63) is 58.4 Å². The second kappa shape index (κ2) is 7.43. The van der Waals surface area contributed by atoms with E-state index in [0.29, 0.717) is 5.75 Å². The first-order valence-corrected chi connectivity index (χ1v) is 7.41. The molecule has 0 radical (unpaired) electrons. The second-order valence-corrected chi connectivity index (χ2v) is 5.36. The number of hydrogen-bond donors (Lipinski definition) is 1. The number of hydrogen-bond acceptors (Lipinski definition) is 2. The summed E-state index contributed by atoms with van der Waals surface area (Å²) in [6, 6.07) is 10.1. The van der Waals surface area contributed by atoms with E-state index in [4.69, 9.17) is 16.3 Å². The normalized spacial score (nSPS) is 10.7. The molecule has 2 aromatic rings. The van der Waals surface area contributed by atoms with Gasteiger partial charge in [0.2, 0.25) is 0 Å². The molecule has 0 saturated carbocycles. The standard InChI is InChI=1S/C17H19ClFNO/c1-3-8-20-11-13-4-6-16(12(2)9-13)21-17-7-5-14(19)10-15(17)18/h4-7,9-10,20H,3,8,11H2,1-2H3. The third-order valence-corrected chi connectivity index (χ3v) is 3.40. The maximum Gasteiger partial charge on any atom is 0.146 e. The first kappa shape index (κ1) is 15.8. The Hall–Kier alpha value is -1.58. The van der Waals surface area contributed by atoms with Gasteiger partial charge in [-0.1, -0.05) is 30.7 Å². The zero-order chi connectivity index (χ0) is 15.2. The molecule has 0 saturated heterocycles. The predicted octanol–water partition coefficient (Wildman–Crippen LogP) is 5.08. The molecule has 0 aliphatic rings. The van der Waals surface area contributed by atoms with Crippen LogP contribution in [0, 0.1) is 12.7 Å². The average Bonchev–Trinajstić information content (AvgIpc) is 2.44. The lowest BCUT2D eigenvalue weighted by molar-refractivity contribution is 0.477. The SMILES string of the molecule is CCCNCc1ccc(Oc2ccc(F)cc2Cl)c(C)c1. The zero-order valence-corrected chi connectivity index (χ0v) is 13.0. The highest BCUT2D eigenvalue weighted by molar-refractivity contribution is 6.32. The maximum atomic E-state index is 13.0. The molecule has 2 nitrogen and oxygen atoms in total. The van der Waals surface area contributed by atoms with E-state index in [9.17, 15) is 4.39 Å². The molecule has 0 heterocycles. The van der Waals surface area contributed by atoms with Crippen molar-refractivity contribution in [2.75, 3.05) is 6.54 Å². The van der Waals surface area contributed by atoms with Crippen molar-refractivity contribution in [1.29, 1.82) is 0 Å². The number of aryl methyl sites for hydroxylation is 1. The average molecular weight is 308 g/mol. The van der Waals surface area contributed by atoms with Crippen LogP contribution in [0.1, 0.15) is 24.5 Å². The number of halogens is 2. The minimum atomic E-state index is -0.374. The molecule has 0 spiro atoms. The van der Waals surface area contributed by atoms with E-state index < -0.39 is 0 Å². The molecule has 0 aromatic heterocycles. The van der Waals surface area contributed by atoms with Crippen LogP contribution in [0.2, 0.25) is 5.02 Å². The van der Waals surface area contributed by atoms with E-state index >= 15 is 0 Å². The summed E-state index contributed by atoms with van der Waals surface area (Å²) >= 11 is 5.97. The predicted molar refractivity (Wildman–Crippen MR) is 84.7 cm³/mol. The Morgan fingerprint density at radius 1 is 1.14 bits per heavy atom. The lowest BCUT2D eigenvalue weighted by Gasteiger charge is -2.12. The Morgan fingerprint density at radius 3 is 2.57 bits per heavy atom. The Bertz CT molecular complexity index is 616. The smallest absolute Gasteiger partial charge is 0.146 e. The Kier molecular flexibility index (Phi) is 5.59. The molecule has 0 aliphatic heterocycles. The van der Waals surface area contributed by atoms with Gasteiger partial charge in [-0.3, -0.25) is 0 Å². The second-order valence-electron chi connectivity index (χ2n) is 4.95. The van der Waals surface area contributed by atoms with Gasteiger partial charge in [0.05, 0.1) is 5.02 Å². The summed E-state index contributed by atoms with van der Waals surface area (Å²) < 4.78 is 18.8. The third kappa shape index (κ3) is 4.45. The number of ether oxygens (including phenoxy) is 1. The van der Waals surface area contributed by atoms with Crippen LogP contribution in [0.5, 0.6) is 11.5 Å². The number of rotatable bonds is 6. The molecule has 0 amide bonds. The van der Waals surface area contributed by atoms with Gasteiger partial charge in [0.15, 0.2) is 0 Å². The molecule has 21 heavy (non-hydrogen) atoms. The van der Waals surface area contributed by atoms with Crippen molar-refractivity contribution in [2.45, 2.75) is 26.8 Å². The van der Waals surface area contributed by atoms with Gasteiger partial charge in [0, 0.05) is 6.54 Å². The van der Waals surface area contributed by atoms with Gasteiger partial charge in [-0.15, -0.1) is 0 Å². The molecular formula is C17H19ClFNO. The van der Waals surface area contributed by atoms with Crippen molar-refractivity contribution in [2.24, 2.45) is 0 Å². The summed E-state index contributed by atoms with van der Waals surface area (Å²) in [5.74, 6) is 0.808. The molecule has 0 bridgehead atoms. The Balaban J connectivity index is 2.10. The lowest BCUT2D eigenvalue weighted by atomic mass is 10.1. The quantitative estimate of drug-likeness (QED) is 0.751.